The smallest absolute Gasteiger partial charge is 0.255 e. The minimum absolute atomic E-state index is 0.144. The highest BCUT2D eigenvalue weighted by molar-refractivity contribution is 6.04. The fourth-order valence-electron chi connectivity index (χ4n) is 1.58. The van der Waals surface area contributed by atoms with Gasteiger partial charge in [0.15, 0.2) is 0 Å². The highest BCUT2D eigenvalue weighted by atomic mass is 19.1. The Morgan fingerprint density at radius 2 is 1.85 bits per heavy atom. The van der Waals surface area contributed by atoms with Gasteiger partial charge in [0.05, 0.1) is 11.3 Å². The minimum atomic E-state index is -0.670. The van der Waals surface area contributed by atoms with Crippen molar-refractivity contribution in [3.05, 3.63) is 59.2 Å². The number of nitrogens with zero attached hydrogens (tertiary/aromatic N) is 1. The summed E-state index contributed by atoms with van der Waals surface area (Å²) in [6.07, 6.45) is 0. The maximum absolute atomic E-state index is 13.1. The predicted octanol–water partition coefficient (Wildman–Crippen LogP) is 2.67. The van der Waals surface area contributed by atoms with E-state index in [1.54, 1.807) is 6.07 Å². The number of nitriles is 1. The summed E-state index contributed by atoms with van der Waals surface area (Å²) in [5.74, 6) is -1.82. The van der Waals surface area contributed by atoms with Gasteiger partial charge in [0, 0.05) is 11.3 Å². The zero-order valence-electron chi connectivity index (χ0n) is 10.2. The van der Waals surface area contributed by atoms with E-state index in [0.717, 1.165) is 12.1 Å². The van der Waals surface area contributed by atoms with Crippen LogP contribution >= 0.6 is 0 Å². The van der Waals surface area contributed by atoms with Crippen LogP contribution in [0.5, 0.6) is 0 Å². The monoisotopic (exact) mass is 273 g/mol. The van der Waals surface area contributed by atoms with Gasteiger partial charge in [-0.05, 0) is 36.4 Å². The SMILES string of the molecule is N#Cc1cc(NC(=O)c2ccc(F)c(N)c2)ccc1F. The van der Waals surface area contributed by atoms with Gasteiger partial charge in [0.2, 0.25) is 0 Å². The Labute approximate surface area is 113 Å². The maximum Gasteiger partial charge on any atom is 0.255 e. The van der Waals surface area contributed by atoms with E-state index in [4.69, 9.17) is 11.0 Å². The first-order chi connectivity index (χ1) is 9.51. The summed E-state index contributed by atoms with van der Waals surface area (Å²) in [7, 11) is 0. The molecule has 0 unspecified atom stereocenters. The van der Waals surface area contributed by atoms with Crippen molar-refractivity contribution in [2.24, 2.45) is 0 Å². The van der Waals surface area contributed by atoms with Crippen LogP contribution in [0.15, 0.2) is 36.4 Å². The molecule has 20 heavy (non-hydrogen) atoms. The molecule has 0 bridgehead atoms. The third-order valence-corrected chi connectivity index (χ3v) is 2.60. The second-order valence-electron chi connectivity index (χ2n) is 4.00. The largest absolute Gasteiger partial charge is 0.396 e. The number of hydrogen-bond donors (Lipinski definition) is 2. The molecule has 1 amide bonds. The molecule has 0 atom stereocenters. The van der Waals surface area contributed by atoms with Gasteiger partial charge in [-0.3, -0.25) is 4.79 Å². The molecular formula is C14H9F2N3O. The van der Waals surface area contributed by atoms with E-state index < -0.39 is 17.5 Å². The first kappa shape index (κ1) is 13.5. The van der Waals surface area contributed by atoms with Crippen molar-refractivity contribution in [2.45, 2.75) is 0 Å². The fraction of sp³-hybridized carbons (Fsp3) is 0. The van der Waals surface area contributed by atoms with E-state index in [1.165, 1.54) is 24.3 Å². The molecule has 6 heteroatoms. The lowest BCUT2D eigenvalue weighted by molar-refractivity contribution is 0.102. The molecule has 2 aromatic carbocycles. The Kier molecular flexibility index (Phi) is 3.62. The number of nitrogen functional groups attached to an aromatic ring is 1. The molecule has 0 aliphatic rings. The second-order valence-corrected chi connectivity index (χ2v) is 4.00. The molecule has 100 valence electrons. The number of nitrogens with two attached hydrogens (primary N) is 1. The minimum Gasteiger partial charge on any atom is -0.396 e. The van der Waals surface area contributed by atoms with Crippen LogP contribution in [-0.4, -0.2) is 5.91 Å². The number of carbonyl (C=O) groups excluding carboxylic acids is 1. The van der Waals surface area contributed by atoms with Crippen molar-refractivity contribution in [3.63, 3.8) is 0 Å². The summed E-state index contributed by atoms with van der Waals surface area (Å²) in [4.78, 5) is 11.9. The van der Waals surface area contributed by atoms with E-state index in [9.17, 15) is 13.6 Å². The number of hydrogen-bond acceptors (Lipinski definition) is 3. The average Bonchev–Trinajstić information content (AvgIpc) is 2.43. The third kappa shape index (κ3) is 2.72. The van der Waals surface area contributed by atoms with Gasteiger partial charge >= 0.3 is 0 Å². The van der Waals surface area contributed by atoms with Gasteiger partial charge in [-0.25, -0.2) is 8.78 Å². The molecule has 4 nitrogen and oxygen atoms in total. The topological polar surface area (TPSA) is 78.9 Å². The molecule has 3 N–H and O–H groups in total. The summed E-state index contributed by atoms with van der Waals surface area (Å²) in [6.45, 7) is 0. The lowest BCUT2D eigenvalue weighted by Crippen LogP contribution is -2.12. The van der Waals surface area contributed by atoms with E-state index in [0.29, 0.717) is 0 Å². The van der Waals surface area contributed by atoms with Crippen LogP contribution in [0.2, 0.25) is 0 Å². The summed E-state index contributed by atoms with van der Waals surface area (Å²) in [5.41, 5.74) is 5.47. The quantitative estimate of drug-likeness (QED) is 0.825. The first-order valence-electron chi connectivity index (χ1n) is 5.57. The van der Waals surface area contributed by atoms with Crippen LogP contribution < -0.4 is 11.1 Å². The number of rotatable bonds is 2. The van der Waals surface area contributed by atoms with Crippen molar-refractivity contribution >= 4 is 17.3 Å². The first-order valence-corrected chi connectivity index (χ1v) is 5.57. The number of halogens is 2. The lowest BCUT2D eigenvalue weighted by Gasteiger charge is -2.07. The highest BCUT2D eigenvalue weighted by Gasteiger charge is 2.10. The molecule has 2 aromatic rings. The summed E-state index contributed by atoms with van der Waals surface area (Å²) in [6, 6.07) is 8.82. The molecule has 0 saturated heterocycles. The standard InChI is InChI=1S/C14H9F2N3O/c15-11-4-2-10(5-9(11)7-17)19-14(20)8-1-3-12(16)13(18)6-8/h1-6H,18H2,(H,19,20). The number of nitrogens with one attached hydrogen (secondary N) is 1. The third-order valence-electron chi connectivity index (χ3n) is 2.60. The van der Waals surface area contributed by atoms with E-state index in [1.807, 2.05) is 0 Å². The van der Waals surface area contributed by atoms with Gasteiger partial charge in [0.1, 0.15) is 17.7 Å². The van der Waals surface area contributed by atoms with E-state index >= 15 is 0 Å². The zero-order valence-corrected chi connectivity index (χ0v) is 10.2. The molecule has 0 radical (unpaired) electrons. The van der Waals surface area contributed by atoms with Crippen molar-refractivity contribution in [1.82, 2.24) is 0 Å². The Morgan fingerprint density at radius 1 is 1.15 bits per heavy atom. The van der Waals surface area contributed by atoms with Crippen LogP contribution in [0.3, 0.4) is 0 Å². The molecule has 2 rings (SSSR count). The predicted molar refractivity (Wildman–Crippen MR) is 69.9 cm³/mol. The Hall–Kier alpha value is -2.94. The van der Waals surface area contributed by atoms with Crippen molar-refractivity contribution in [1.29, 1.82) is 5.26 Å². The Morgan fingerprint density at radius 3 is 2.50 bits per heavy atom. The van der Waals surface area contributed by atoms with Crippen molar-refractivity contribution in [3.8, 4) is 6.07 Å². The normalized spacial score (nSPS) is 9.85. The van der Waals surface area contributed by atoms with Crippen LogP contribution in [0, 0.1) is 23.0 Å². The van der Waals surface area contributed by atoms with Crippen LogP contribution in [-0.2, 0) is 0 Å². The van der Waals surface area contributed by atoms with Gasteiger partial charge in [-0.2, -0.15) is 5.26 Å². The molecule has 0 heterocycles. The molecule has 0 spiro atoms. The summed E-state index contributed by atoms with van der Waals surface area (Å²) < 4.78 is 26.1. The molecule has 0 aliphatic heterocycles. The van der Waals surface area contributed by atoms with Crippen molar-refractivity contribution in [2.75, 3.05) is 11.1 Å². The molecular weight excluding hydrogens is 264 g/mol. The molecule has 0 saturated carbocycles. The maximum atomic E-state index is 13.1. The Balaban J connectivity index is 2.23. The van der Waals surface area contributed by atoms with E-state index in [-0.39, 0.29) is 22.5 Å². The van der Waals surface area contributed by atoms with Gasteiger partial charge in [0.25, 0.3) is 5.91 Å². The average molecular weight is 273 g/mol. The van der Waals surface area contributed by atoms with Crippen molar-refractivity contribution < 1.29 is 13.6 Å². The van der Waals surface area contributed by atoms with Gasteiger partial charge in [-0.1, -0.05) is 0 Å². The molecule has 0 fully saturated rings. The van der Waals surface area contributed by atoms with Crippen LogP contribution in [0.4, 0.5) is 20.2 Å². The van der Waals surface area contributed by atoms with E-state index in [2.05, 4.69) is 5.32 Å². The zero-order chi connectivity index (χ0) is 14.7. The molecule has 0 aromatic heterocycles. The van der Waals surface area contributed by atoms with Gasteiger partial charge < -0.3 is 11.1 Å². The number of anilines is 2. The Bertz CT molecular complexity index is 723. The number of benzene rings is 2. The summed E-state index contributed by atoms with van der Waals surface area (Å²) >= 11 is 0. The second kappa shape index (κ2) is 5.36. The number of carbonyl (C=O) groups is 1. The summed E-state index contributed by atoms with van der Waals surface area (Å²) in [5, 5.41) is 11.2. The highest BCUT2D eigenvalue weighted by Crippen LogP contribution is 2.17. The van der Waals surface area contributed by atoms with Crippen LogP contribution in [0.1, 0.15) is 15.9 Å². The van der Waals surface area contributed by atoms with Crippen LogP contribution in [0.25, 0.3) is 0 Å². The van der Waals surface area contributed by atoms with Gasteiger partial charge in [-0.15, -0.1) is 0 Å². The lowest BCUT2D eigenvalue weighted by atomic mass is 10.1. The number of amides is 1. The fourth-order valence-corrected chi connectivity index (χ4v) is 1.58. The molecule has 0 aliphatic carbocycles.